The largest absolute Gasteiger partial charge is 0.337 e. The normalized spacial score (nSPS) is 11.1. The van der Waals surface area contributed by atoms with Crippen LogP contribution in [-0.2, 0) is 0 Å². The third kappa shape index (κ3) is 1.52. The van der Waals surface area contributed by atoms with Gasteiger partial charge in [0.25, 0.3) is 0 Å². The third-order valence-corrected chi connectivity index (χ3v) is 3.75. The van der Waals surface area contributed by atoms with Crippen LogP contribution in [0.5, 0.6) is 0 Å². The van der Waals surface area contributed by atoms with Crippen LogP contribution >= 0.6 is 22.9 Å². The van der Waals surface area contributed by atoms with Gasteiger partial charge in [-0.3, -0.25) is 0 Å². The predicted molar refractivity (Wildman–Crippen MR) is 69.2 cm³/mol. The standard InChI is InChI=1S/C12H9ClN2S/c1-7-5-6-10(16-7)12-14-9-4-2-3-8(13)11(9)15-12/h2-6H,1H3,(H,14,15). The minimum absolute atomic E-state index is 0.688. The van der Waals surface area contributed by atoms with Crippen LogP contribution < -0.4 is 0 Å². The highest BCUT2D eigenvalue weighted by atomic mass is 35.5. The zero-order chi connectivity index (χ0) is 11.1. The number of nitrogens with zero attached hydrogens (tertiary/aromatic N) is 1. The Morgan fingerprint density at radius 2 is 2.12 bits per heavy atom. The topological polar surface area (TPSA) is 28.7 Å². The van der Waals surface area contributed by atoms with Crippen LogP contribution in [0.25, 0.3) is 21.7 Å². The molecule has 80 valence electrons. The number of fused-ring (bicyclic) bond motifs is 1. The minimum Gasteiger partial charge on any atom is -0.337 e. The van der Waals surface area contributed by atoms with E-state index in [0.717, 1.165) is 21.7 Å². The fraction of sp³-hybridized carbons (Fsp3) is 0.0833. The number of H-pyrrole nitrogens is 1. The molecule has 0 saturated carbocycles. The number of halogens is 1. The van der Waals surface area contributed by atoms with Crippen molar-refractivity contribution in [2.45, 2.75) is 6.92 Å². The molecule has 2 heterocycles. The Morgan fingerprint density at radius 1 is 1.25 bits per heavy atom. The van der Waals surface area contributed by atoms with Gasteiger partial charge in [0.2, 0.25) is 0 Å². The molecular formula is C12H9ClN2S. The first-order valence-corrected chi connectivity index (χ1v) is 6.14. The molecule has 0 aliphatic carbocycles. The van der Waals surface area contributed by atoms with Gasteiger partial charge >= 0.3 is 0 Å². The predicted octanol–water partition coefficient (Wildman–Crippen LogP) is 4.25. The molecular weight excluding hydrogens is 240 g/mol. The molecule has 0 atom stereocenters. The Morgan fingerprint density at radius 3 is 2.81 bits per heavy atom. The third-order valence-electron chi connectivity index (χ3n) is 2.44. The lowest BCUT2D eigenvalue weighted by Crippen LogP contribution is -1.72. The number of thiophene rings is 1. The van der Waals surface area contributed by atoms with Gasteiger partial charge in [-0.15, -0.1) is 11.3 Å². The fourth-order valence-corrected chi connectivity index (χ4v) is 2.70. The number of para-hydroxylation sites is 1. The zero-order valence-corrected chi connectivity index (χ0v) is 10.2. The lowest BCUT2D eigenvalue weighted by atomic mass is 10.3. The molecule has 2 nitrogen and oxygen atoms in total. The van der Waals surface area contributed by atoms with Crippen molar-refractivity contribution in [2.24, 2.45) is 0 Å². The number of rotatable bonds is 1. The summed E-state index contributed by atoms with van der Waals surface area (Å²) in [7, 11) is 0. The Hall–Kier alpha value is -1.32. The molecule has 1 aromatic carbocycles. The van der Waals surface area contributed by atoms with E-state index in [2.05, 4.69) is 29.0 Å². The monoisotopic (exact) mass is 248 g/mol. The molecule has 0 fully saturated rings. The Bertz CT molecular complexity index is 654. The molecule has 1 N–H and O–H groups in total. The molecule has 3 rings (SSSR count). The lowest BCUT2D eigenvalue weighted by Gasteiger charge is -1.88. The number of benzene rings is 1. The quantitative estimate of drug-likeness (QED) is 0.685. The highest BCUT2D eigenvalue weighted by molar-refractivity contribution is 7.15. The second kappa shape index (κ2) is 3.61. The van der Waals surface area contributed by atoms with Crippen molar-refractivity contribution >= 4 is 34.0 Å². The number of nitrogens with one attached hydrogen (secondary N) is 1. The first kappa shape index (κ1) is 9.87. The van der Waals surface area contributed by atoms with Crippen LogP contribution in [0, 0.1) is 6.92 Å². The molecule has 2 aromatic heterocycles. The van der Waals surface area contributed by atoms with Crippen LogP contribution in [0.4, 0.5) is 0 Å². The molecule has 16 heavy (non-hydrogen) atoms. The minimum atomic E-state index is 0.688. The van der Waals surface area contributed by atoms with Crippen molar-refractivity contribution in [1.29, 1.82) is 0 Å². The number of aromatic amines is 1. The average molecular weight is 249 g/mol. The van der Waals surface area contributed by atoms with Crippen molar-refractivity contribution in [3.63, 3.8) is 0 Å². The maximum Gasteiger partial charge on any atom is 0.148 e. The van der Waals surface area contributed by atoms with E-state index in [4.69, 9.17) is 11.6 Å². The smallest absolute Gasteiger partial charge is 0.148 e. The molecule has 4 heteroatoms. The van der Waals surface area contributed by atoms with Crippen molar-refractivity contribution in [1.82, 2.24) is 9.97 Å². The molecule has 0 unspecified atom stereocenters. The van der Waals surface area contributed by atoms with Crippen molar-refractivity contribution in [3.05, 3.63) is 40.2 Å². The number of aryl methyl sites for hydroxylation is 1. The summed E-state index contributed by atoms with van der Waals surface area (Å²) in [6.07, 6.45) is 0. The number of hydrogen-bond donors (Lipinski definition) is 1. The first-order chi connectivity index (χ1) is 7.74. The van der Waals surface area contributed by atoms with Gasteiger partial charge < -0.3 is 4.98 Å². The molecule has 0 radical (unpaired) electrons. The summed E-state index contributed by atoms with van der Waals surface area (Å²) in [5.41, 5.74) is 1.82. The van der Waals surface area contributed by atoms with Gasteiger partial charge in [-0.25, -0.2) is 4.98 Å². The summed E-state index contributed by atoms with van der Waals surface area (Å²) in [6, 6.07) is 9.93. The van der Waals surface area contributed by atoms with Crippen molar-refractivity contribution < 1.29 is 0 Å². The van der Waals surface area contributed by atoms with Gasteiger partial charge in [-0.1, -0.05) is 17.7 Å². The molecule has 0 bridgehead atoms. The summed E-state index contributed by atoms with van der Waals surface area (Å²) in [6.45, 7) is 2.09. The van der Waals surface area contributed by atoms with Crippen LogP contribution in [0.3, 0.4) is 0 Å². The molecule has 0 amide bonds. The lowest BCUT2D eigenvalue weighted by molar-refractivity contribution is 1.36. The second-order valence-electron chi connectivity index (χ2n) is 3.63. The Labute approximate surface area is 102 Å². The Kier molecular flexibility index (Phi) is 2.23. The summed E-state index contributed by atoms with van der Waals surface area (Å²) in [4.78, 5) is 10.2. The summed E-state index contributed by atoms with van der Waals surface area (Å²) < 4.78 is 0. The highest BCUT2D eigenvalue weighted by Gasteiger charge is 2.08. The Balaban J connectivity index is 2.22. The van der Waals surface area contributed by atoms with Gasteiger partial charge in [-0.05, 0) is 31.2 Å². The summed E-state index contributed by atoms with van der Waals surface area (Å²) >= 11 is 7.81. The summed E-state index contributed by atoms with van der Waals surface area (Å²) in [5.74, 6) is 0.890. The molecule has 0 aliphatic heterocycles. The average Bonchev–Trinajstić information content (AvgIpc) is 2.84. The molecule has 0 spiro atoms. The second-order valence-corrected chi connectivity index (χ2v) is 5.33. The van der Waals surface area contributed by atoms with Gasteiger partial charge in [0.05, 0.1) is 15.4 Å². The van der Waals surface area contributed by atoms with Crippen molar-refractivity contribution in [3.8, 4) is 10.7 Å². The van der Waals surface area contributed by atoms with E-state index in [0.29, 0.717) is 5.02 Å². The van der Waals surface area contributed by atoms with Crippen LogP contribution in [-0.4, -0.2) is 9.97 Å². The number of aromatic nitrogens is 2. The van der Waals surface area contributed by atoms with Crippen LogP contribution in [0.1, 0.15) is 4.88 Å². The fourth-order valence-electron chi connectivity index (χ4n) is 1.68. The van der Waals surface area contributed by atoms with E-state index >= 15 is 0 Å². The maximum atomic E-state index is 6.08. The number of hydrogen-bond acceptors (Lipinski definition) is 2. The van der Waals surface area contributed by atoms with Gasteiger partial charge in [0.1, 0.15) is 11.3 Å². The van der Waals surface area contributed by atoms with E-state index in [1.54, 1.807) is 11.3 Å². The van der Waals surface area contributed by atoms with Crippen molar-refractivity contribution in [2.75, 3.05) is 0 Å². The van der Waals surface area contributed by atoms with E-state index < -0.39 is 0 Å². The molecule has 3 aromatic rings. The first-order valence-electron chi connectivity index (χ1n) is 4.95. The van der Waals surface area contributed by atoms with Crippen LogP contribution in [0.15, 0.2) is 30.3 Å². The summed E-state index contributed by atoms with van der Waals surface area (Å²) in [5, 5.41) is 0.688. The van der Waals surface area contributed by atoms with Crippen LogP contribution in [0.2, 0.25) is 5.02 Å². The SMILES string of the molecule is Cc1ccc(-c2nc3c(Cl)cccc3[nH]2)s1. The maximum absolute atomic E-state index is 6.08. The van der Waals surface area contributed by atoms with Gasteiger partial charge in [0, 0.05) is 4.88 Å². The van der Waals surface area contributed by atoms with E-state index in [1.165, 1.54) is 4.88 Å². The number of imidazole rings is 1. The molecule has 0 aliphatic rings. The van der Waals surface area contributed by atoms with E-state index in [-0.39, 0.29) is 0 Å². The molecule has 0 saturated heterocycles. The van der Waals surface area contributed by atoms with E-state index in [9.17, 15) is 0 Å². The zero-order valence-electron chi connectivity index (χ0n) is 8.62. The van der Waals surface area contributed by atoms with Gasteiger partial charge in [0.15, 0.2) is 0 Å². The highest BCUT2D eigenvalue weighted by Crippen LogP contribution is 2.29. The van der Waals surface area contributed by atoms with Gasteiger partial charge in [-0.2, -0.15) is 0 Å². The van der Waals surface area contributed by atoms with E-state index in [1.807, 2.05) is 18.2 Å².